The SMILES string of the molecule is Cn1cccc(NC(=O)CC[C@@H]2CCCO2)c1=O. The summed E-state index contributed by atoms with van der Waals surface area (Å²) < 4.78 is 6.89. The van der Waals surface area contributed by atoms with E-state index in [0.717, 1.165) is 25.9 Å². The van der Waals surface area contributed by atoms with Crippen molar-refractivity contribution < 1.29 is 9.53 Å². The summed E-state index contributed by atoms with van der Waals surface area (Å²) in [6.07, 6.45) is 5.08. The third kappa shape index (κ3) is 3.20. The molecule has 18 heavy (non-hydrogen) atoms. The van der Waals surface area contributed by atoms with Gasteiger partial charge in [0.15, 0.2) is 0 Å². The lowest BCUT2D eigenvalue weighted by atomic mass is 10.1. The Morgan fingerprint density at radius 3 is 3.17 bits per heavy atom. The highest BCUT2D eigenvalue weighted by Crippen LogP contribution is 2.16. The molecule has 2 heterocycles. The van der Waals surface area contributed by atoms with Crippen LogP contribution in [0.3, 0.4) is 0 Å². The van der Waals surface area contributed by atoms with Crippen molar-refractivity contribution in [2.24, 2.45) is 7.05 Å². The first-order chi connectivity index (χ1) is 8.66. The number of rotatable bonds is 4. The summed E-state index contributed by atoms with van der Waals surface area (Å²) in [5.41, 5.74) is 0.139. The number of hydrogen-bond donors (Lipinski definition) is 1. The minimum atomic E-state index is -0.192. The quantitative estimate of drug-likeness (QED) is 0.875. The highest BCUT2D eigenvalue weighted by Gasteiger charge is 2.17. The van der Waals surface area contributed by atoms with Gasteiger partial charge < -0.3 is 14.6 Å². The molecular weight excluding hydrogens is 232 g/mol. The number of carbonyl (C=O) groups excluding carboxylic acids is 1. The van der Waals surface area contributed by atoms with Crippen molar-refractivity contribution in [2.45, 2.75) is 31.8 Å². The average molecular weight is 250 g/mol. The minimum absolute atomic E-state index is 0.131. The lowest BCUT2D eigenvalue weighted by Crippen LogP contribution is -2.24. The van der Waals surface area contributed by atoms with E-state index in [1.54, 1.807) is 25.4 Å². The van der Waals surface area contributed by atoms with Crippen molar-refractivity contribution in [2.75, 3.05) is 11.9 Å². The summed E-state index contributed by atoms with van der Waals surface area (Å²) in [6, 6.07) is 3.35. The maximum absolute atomic E-state index is 11.7. The van der Waals surface area contributed by atoms with Gasteiger partial charge in [0.05, 0.1) is 6.10 Å². The fourth-order valence-corrected chi connectivity index (χ4v) is 2.07. The number of aromatic nitrogens is 1. The number of aryl methyl sites for hydroxylation is 1. The van der Waals surface area contributed by atoms with E-state index in [-0.39, 0.29) is 17.6 Å². The molecule has 1 fully saturated rings. The number of amides is 1. The molecule has 1 amide bonds. The molecule has 1 aliphatic rings. The van der Waals surface area contributed by atoms with Crippen LogP contribution < -0.4 is 10.9 Å². The Morgan fingerprint density at radius 1 is 1.61 bits per heavy atom. The van der Waals surface area contributed by atoms with Gasteiger partial charge in [0.1, 0.15) is 5.69 Å². The van der Waals surface area contributed by atoms with Crippen molar-refractivity contribution in [3.8, 4) is 0 Å². The molecule has 1 aliphatic heterocycles. The van der Waals surface area contributed by atoms with Gasteiger partial charge in [0.2, 0.25) is 5.91 Å². The molecule has 1 aromatic heterocycles. The number of anilines is 1. The van der Waals surface area contributed by atoms with Crippen LogP contribution in [-0.2, 0) is 16.6 Å². The molecule has 0 bridgehead atoms. The maximum Gasteiger partial charge on any atom is 0.274 e. The molecule has 1 aromatic rings. The molecule has 0 aliphatic carbocycles. The van der Waals surface area contributed by atoms with Crippen LogP contribution in [-0.4, -0.2) is 23.2 Å². The predicted octanol–water partition coefficient (Wildman–Crippen LogP) is 1.28. The van der Waals surface area contributed by atoms with Crippen LogP contribution in [0.5, 0.6) is 0 Å². The van der Waals surface area contributed by atoms with Crippen molar-refractivity contribution in [3.05, 3.63) is 28.7 Å². The fraction of sp³-hybridized carbons (Fsp3) is 0.538. The number of ether oxygens (including phenoxy) is 1. The molecule has 5 heteroatoms. The van der Waals surface area contributed by atoms with Gasteiger partial charge in [0, 0.05) is 26.3 Å². The van der Waals surface area contributed by atoms with Crippen molar-refractivity contribution in [3.63, 3.8) is 0 Å². The van der Waals surface area contributed by atoms with E-state index < -0.39 is 0 Å². The molecule has 1 atom stereocenters. The van der Waals surface area contributed by atoms with Gasteiger partial charge in [0.25, 0.3) is 5.56 Å². The average Bonchev–Trinajstić information content (AvgIpc) is 2.86. The summed E-state index contributed by atoms with van der Waals surface area (Å²) in [6.45, 7) is 0.797. The Morgan fingerprint density at radius 2 is 2.44 bits per heavy atom. The number of nitrogens with zero attached hydrogens (tertiary/aromatic N) is 1. The third-order valence-corrected chi connectivity index (χ3v) is 3.11. The van der Waals surface area contributed by atoms with E-state index in [9.17, 15) is 9.59 Å². The third-order valence-electron chi connectivity index (χ3n) is 3.11. The normalized spacial score (nSPS) is 18.8. The zero-order valence-electron chi connectivity index (χ0n) is 10.5. The first kappa shape index (κ1) is 12.8. The predicted molar refractivity (Wildman–Crippen MR) is 68.5 cm³/mol. The molecule has 5 nitrogen and oxygen atoms in total. The van der Waals surface area contributed by atoms with Gasteiger partial charge in [-0.2, -0.15) is 0 Å². The molecule has 2 rings (SSSR count). The molecule has 0 unspecified atom stereocenters. The number of carbonyl (C=O) groups is 1. The molecule has 98 valence electrons. The minimum Gasteiger partial charge on any atom is -0.378 e. The van der Waals surface area contributed by atoms with Gasteiger partial charge >= 0.3 is 0 Å². The first-order valence-corrected chi connectivity index (χ1v) is 6.24. The smallest absolute Gasteiger partial charge is 0.274 e. The van der Waals surface area contributed by atoms with Crippen LogP contribution in [0.25, 0.3) is 0 Å². The maximum atomic E-state index is 11.7. The zero-order chi connectivity index (χ0) is 13.0. The highest BCUT2D eigenvalue weighted by molar-refractivity contribution is 5.90. The van der Waals surface area contributed by atoms with E-state index in [1.165, 1.54) is 4.57 Å². The molecule has 0 saturated carbocycles. The Hall–Kier alpha value is -1.62. The Bertz CT molecular complexity index is 475. The summed E-state index contributed by atoms with van der Waals surface area (Å²) in [4.78, 5) is 23.4. The standard InChI is InChI=1S/C13H18N2O3/c1-15-8-2-5-11(13(15)17)14-12(16)7-6-10-4-3-9-18-10/h2,5,8,10H,3-4,6-7,9H2,1H3,(H,14,16)/t10-/m0/s1. The second-order valence-electron chi connectivity index (χ2n) is 4.56. The lowest BCUT2D eigenvalue weighted by Gasteiger charge is -2.09. The van der Waals surface area contributed by atoms with E-state index in [0.29, 0.717) is 12.1 Å². The van der Waals surface area contributed by atoms with Crippen LogP contribution in [0, 0.1) is 0 Å². The van der Waals surface area contributed by atoms with Crippen LogP contribution >= 0.6 is 0 Å². The molecule has 1 N–H and O–H groups in total. The van der Waals surface area contributed by atoms with Gasteiger partial charge in [-0.05, 0) is 31.4 Å². The molecule has 0 spiro atoms. The number of hydrogen-bond acceptors (Lipinski definition) is 3. The van der Waals surface area contributed by atoms with Crippen molar-refractivity contribution >= 4 is 11.6 Å². The Balaban J connectivity index is 1.86. The van der Waals surface area contributed by atoms with Crippen molar-refractivity contribution in [1.82, 2.24) is 4.57 Å². The van der Waals surface area contributed by atoms with Crippen LogP contribution in [0.15, 0.2) is 23.1 Å². The van der Waals surface area contributed by atoms with Crippen molar-refractivity contribution in [1.29, 1.82) is 0 Å². The molecule has 0 radical (unpaired) electrons. The first-order valence-electron chi connectivity index (χ1n) is 6.24. The Labute approximate surface area is 106 Å². The van der Waals surface area contributed by atoms with E-state index in [2.05, 4.69) is 5.32 Å². The molecule has 1 saturated heterocycles. The van der Waals surface area contributed by atoms with Crippen LogP contribution in [0.1, 0.15) is 25.7 Å². The second kappa shape index (κ2) is 5.82. The number of pyridine rings is 1. The lowest BCUT2D eigenvalue weighted by molar-refractivity contribution is -0.116. The van der Waals surface area contributed by atoms with Gasteiger partial charge in [-0.3, -0.25) is 9.59 Å². The summed E-state index contributed by atoms with van der Waals surface area (Å²) in [7, 11) is 1.66. The highest BCUT2D eigenvalue weighted by atomic mass is 16.5. The van der Waals surface area contributed by atoms with Crippen LogP contribution in [0.2, 0.25) is 0 Å². The fourth-order valence-electron chi connectivity index (χ4n) is 2.07. The van der Waals surface area contributed by atoms with Gasteiger partial charge in [-0.15, -0.1) is 0 Å². The zero-order valence-corrected chi connectivity index (χ0v) is 10.5. The van der Waals surface area contributed by atoms with Gasteiger partial charge in [-0.25, -0.2) is 0 Å². The monoisotopic (exact) mass is 250 g/mol. The van der Waals surface area contributed by atoms with E-state index >= 15 is 0 Å². The summed E-state index contributed by atoms with van der Waals surface area (Å²) in [5.74, 6) is -0.131. The van der Waals surface area contributed by atoms with Gasteiger partial charge in [-0.1, -0.05) is 0 Å². The van der Waals surface area contributed by atoms with E-state index in [4.69, 9.17) is 4.74 Å². The summed E-state index contributed by atoms with van der Waals surface area (Å²) >= 11 is 0. The topological polar surface area (TPSA) is 60.3 Å². The number of nitrogens with one attached hydrogen (secondary N) is 1. The second-order valence-corrected chi connectivity index (χ2v) is 4.56. The van der Waals surface area contributed by atoms with E-state index in [1.807, 2.05) is 0 Å². The molecular formula is C13H18N2O3. The molecule has 0 aromatic carbocycles. The summed E-state index contributed by atoms with van der Waals surface area (Å²) in [5, 5.41) is 2.65. The Kier molecular flexibility index (Phi) is 4.15. The largest absolute Gasteiger partial charge is 0.378 e. The van der Waals surface area contributed by atoms with Crippen LogP contribution in [0.4, 0.5) is 5.69 Å².